The molecule has 0 aromatic heterocycles. The predicted molar refractivity (Wildman–Crippen MR) is 122 cm³/mol. The molecule has 2 aliphatic carbocycles. The fourth-order valence-electron chi connectivity index (χ4n) is 4.96. The van der Waals surface area contributed by atoms with Crippen molar-refractivity contribution >= 4 is 23.4 Å². The van der Waals surface area contributed by atoms with Crippen LogP contribution >= 0.6 is 11.6 Å². The van der Waals surface area contributed by atoms with Crippen LogP contribution in [0.3, 0.4) is 0 Å². The van der Waals surface area contributed by atoms with Gasteiger partial charge in [0.1, 0.15) is 0 Å². The van der Waals surface area contributed by atoms with Gasteiger partial charge in [-0.1, -0.05) is 36.6 Å². The number of halogens is 1. The van der Waals surface area contributed by atoms with Gasteiger partial charge in [-0.05, 0) is 76.7 Å². The maximum absolute atomic E-state index is 12.4. The molecule has 0 atom stereocenters. The third kappa shape index (κ3) is 6.45. The van der Waals surface area contributed by atoms with Crippen molar-refractivity contribution in [2.45, 2.75) is 88.3 Å². The molecule has 2 aliphatic rings. The van der Waals surface area contributed by atoms with Gasteiger partial charge in [-0.3, -0.25) is 9.59 Å². The lowest BCUT2D eigenvalue weighted by atomic mass is 9.75. The summed E-state index contributed by atoms with van der Waals surface area (Å²) in [5.74, 6) is 0.00640. The van der Waals surface area contributed by atoms with E-state index in [0.29, 0.717) is 6.04 Å². The first kappa shape index (κ1) is 23.1. The van der Waals surface area contributed by atoms with Crippen LogP contribution in [0.4, 0.5) is 0 Å². The van der Waals surface area contributed by atoms with E-state index < -0.39 is 0 Å². The first-order valence-electron chi connectivity index (χ1n) is 11.4. The number of amides is 2. The Balaban J connectivity index is 1.43. The monoisotopic (exact) mass is 433 g/mol. The number of carbonyl (C=O) groups is 2. The van der Waals surface area contributed by atoms with Crippen molar-refractivity contribution in [3.05, 3.63) is 34.9 Å². The highest BCUT2D eigenvalue weighted by Crippen LogP contribution is 2.35. The number of nitrogens with one attached hydrogen (secondary N) is 2. The zero-order valence-corrected chi connectivity index (χ0v) is 19.1. The van der Waals surface area contributed by atoms with Crippen LogP contribution in [0.1, 0.15) is 69.8 Å². The zero-order chi connectivity index (χ0) is 21.6. The van der Waals surface area contributed by atoms with Crippen LogP contribution in [0.5, 0.6) is 0 Å². The molecule has 1 aromatic carbocycles. The van der Waals surface area contributed by atoms with Crippen LogP contribution in [0, 0.1) is 0 Å². The number of rotatable bonds is 8. The first-order valence-corrected chi connectivity index (χ1v) is 11.7. The fourth-order valence-corrected chi connectivity index (χ4v) is 5.09. The summed E-state index contributed by atoms with van der Waals surface area (Å²) in [7, 11) is 4.30. The number of carbonyl (C=O) groups excluding carboxylic acids is 2. The standard InChI is InChI=1S/C24H36ClN3O2/c1-28(2)24(17-18-7-9-19(25)10-8-18)15-13-21(14-16-24)27-23(30)12-11-22(29)26-20-5-3-4-6-20/h7-10,20-21H,3-6,11-17H2,1-2H3,(H,26,29)(H,27,30). The maximum atomic E-state index is 12.4. The molecule has 0 aliphatic heterocycles. The third-order valence-corrected chi connectivity index (χ3v) is 7.23. The van der Waals surface area contributed by atoms with Crippen molar-refractivity contribution in [1.82, 2.24) is 15.5 Å². The minimum absolute atomic E-state index is 0.00312. The molecule has 30 heavy (non-hydrogen) atoms. The second kappa shape index (κ2) is 10.6. The molecule has 1 aromatic rings. The van der Waals surface area contributed by atoms with E-state index >= 15 is 0 Å². The van der Waals surface area contributed by atoms with Gasteiger partial charge in [-0.15, -0.1) is 0 Å². The van der Waals surface area contributed by atoms with Gasteiger partial charge >= 0.3 is 0 Å². The summed E-state index contributed by atoms with van der Waals surface area (Å²) < 4.78 is 0. The smallest absolute Gasteiger partial charge is 0.220 e. The van der Waals surface area contributed by atoms with E-state index in [1.807, 2.05) is 12.1 Å². The van der Waals surface area contributed by atoms with Crippen molar-refractivity contribution in [2.75, 3.05) is 14.1 Å². The number of hydrogen-bond donors (Lipinski definition) is 2. The number of benzene rings is 1. The van der Waals surface area contributed by atoms with Gasteiger partial charge in [-0.2, -0.15) is 0 Å². The van der Waals surface area contributed by atoms with E-state index in [4.69, 9.17) is 11.6 Å². The van der Waals surface area contributed by atoms with Crippen LogP contribution in [0.2, 0.25) is 5.02 Å². The van der Waals surface area contributed by atoms with E-state index in [-0.39, 0.29) is 36.2 Å². The predicted octanol–water partition coefficient (Wildman–Crippen LogP) is 4.08. The van der Waals surface area contributed by atoms with Gasteiger partial charge in [0.2, 0.25) is 11.8 Å². The molecule has 2 amide bonds. The van der Waals surface area contributed by atoms with E-state index in [1.54, 1.807) is 0 Å². The molecule has 166 valence electrons. The third-order valence-electron chi connectivity index (χ3n) is 6.98. The molecular weight excluding hydrogens is 398 g/mol. The molecule has 2 saturated carbocycles. The van der Waals surface area contributed by atoms with Crippen LogP contribution in [-0.4, -0.2) is 48.4 Å². The topological polar surface area (TPSA) is 61.4 Å². The zero-order valence-electron chi connectivity index (χ0n) is 18.4. The molecule has 3 rings (SSSR count). The number of nitrogens with zero attached hydrogens (tertiary/aromatic N) is 1. The van der Waals surface area contributed by atoms with Gasteiger partial charge < -0.3 is 15.5 Å². The molecule has 0 heterocycles. The highest BCUT2D eigenvalue weighted by Gasteiger charge is 2.37. The Morgan fingerprint density at radius 2 is 1.43 bits per heavy atom. The van der Waals surface area contributed by atoms with Crippen molar-refractivity contribution < 1.29 is 9.59 Å². The summed E-state index contributed by atoms with van der Waals surface area (Å²) in [4.78, 5) is 26.7. The fraction of sp³-hybridized carbons (Fsp3) is 0.667. The van der Waals surface area contributed by atoms with Crippen LogP contribution in [0.15, 0.2) is 24.3 Å². The first-order chi connectivity index (χ1) is 14.4. The summed E-state index contributed by atoms with van der Waals surface area (Å²) in [5.41, 5.74) is 1.40. The van der Waals surface area contributed by atoms with Crippen molar-refractivity contribution in [2.24, 2.45) is 0 Å². The quantitative estimate of drug-likeness (QED) is 0.649. The lowest BCUT2D eigenvalue weighted by Crippen LogP contribution is -2.52. The van der Waals surface area contributed by atoms with Gasteiger partial charge in [0, 0.05) is 35.5 Å². The molecule has 0 unspecified atom stereocenters. The van der Waals surface area contributed by atoms with Crippen LogP contribution < -0.4 is 10.6 Å². The molecule has 6 heteroatoms. The Kier molecular flexibility index (Phi) is 8.18. The Bertz CT molecular complexity index is 706. The SMILES string of the molecule is CN(C)C1(Cc2ccc(Cl)cc2)CCC(NC(=O)CCC(=O)NC2CCCC2)CC1. The molecule has 2 fully saturated rings. The van der Waals surface area contributed by atoms with Gasteiger partial charge in [0.25, 0.3) is 0 Å². The highest BCUT2D eigenvalue weighted by atomic mass is 35.5. The van der Waals surface area contributed by atoms with Crippen LogP contribution in [0.25, 0.3) is 0 Å². The van der Waals surface area contributed by atoms with E-state index in [0.717, 1.165) is 50.0 Å². The average molecular weight is 434 g/mol. The van der Waals surface area contributed by atoms with Crippen molar-refractivity contribution in [3.8, 4) is 0 Å². The minimum atomic E-state index is -0.00312. The van der Waals surface area contributed by atoms with Gasteiger partial charge in [0.15, 0.2) is 0 Å². The lowest BCUT2D eigenvalue weighted by molar-refractivity contribution is -0.127. The Hall–Kier alpha value is -1.59. The molecule has 5 nitrogen and oxygen atoms in total. The normalized spacial score (nSPS) is 24.7. The number of likely N-dealkylation sites (N-methyl/N-ethyl adjacent to an activating group) is 1. The maximum Gasteiger partial charge on any atom is 0.220 e. The molecular formula is C24H36ClN3O2. The molecule has 0 spiro atoms. The highest BCUT2D eigenvalue weighted by molar-refractivity contribution is 6.30. The second-order valence-corrected chi connectivity index (χ2v) is 9.75. The van der Waals surface area contributed by atoms with Crippen molar-refractivity contribution in [3.63, 3.8) is 0 Å². The summed E-state index contributed by atoms with van der Waals surface area (Å²) in [6.45, 7) is 0. The Labute approximate surface area is 185 Å². The molecule has 2 N–H and O–H groups in total. The molecule has 0 bridgehead atoms. The minimum Gasteiger partial charge on any atom is -0.353 e. The van der Waals surface area contributed by atoms with E-state index in [2.05, 4.69) is 41.8 Å². The van der Waals surface area contributed by atoms with Gasteiger partial charge in [0.05, 0.1) is 0 Å². The largest absolute Gasteiger partial charge is 0.353 e. The summed E-state index contributed by atoms with van der Waals surface area (Å²) in [6, 6.07) is 8.65. The molecule has 0 saturated heterocycles. The van der Waals surface area contributed by atoms with Gasteiger partial charge in [-0.25, -0.2) is 0 Å². The second-order valence-electron chi connectivity index (χ2n) is 9.31. The molecule has 0 radical (unpaired) electrons. The Morgan fingerprint density at radius 1 is 0.933 bits per heavy atom. The number of hydrogen-bond acceptors (Lipinski definition) is 3. The van der Waals surface area contributed by atoms with Crippen LogP contribution in [-0.2, 0) is 16.0 Å². The van der Waals surface area contributed by atoms with E-state index in [1.165, 1.54) is 18.4 Å². The summed E-state index contributed by atoms with van der Waals surface area (Å²) in [5, 5.41) is 6.98. The van der Waals surface area contributed by atoms with Crippen molar-refractivity contribution in [1.29, 1.82) is 0 Å². The summed E-state index contributed by atoms with van der Waals surface area (Å²) >= 11 is 6.03. The average Bonchev–Trinajstić information content (AvgIpc) is 3.22. The van der Waals surface area contributed by atoms with E-state index in [9.17, 15) is 9.59 Å². The lowest BCUT2D eigenvalue weighted by Gasteiger charge is -2.45. The summed E-state index contributed by atoms with van der Waals surface area (Å²) in [6.07, 6.45) is 10.1. The Morgan fingerprint density at radius 3 is 1.93 bits per heavy atom.